The number of ether oxygens (including phenoxy) is 8. The summed E-state index contributed by atoms with van der Waals surface area (Å²) >= 11 is 0. The molecule has 7 aliphatic rings. The van der Waals surface area contributed by atoms with Gasteiger partial charge in [-0.3, -0.25) is 33.6 Å². The third-order valence-corrected chi connectivity index (χ3v) is 15.2. The van der Waals surface area contributed by atoms with Crippen molar-refractivity contribution in [3.63, 3.8) is 0 Å². The molecule has 0 spiro atoms. The van der Waals surface area contributed by atoms with Crippen LogP contribution in [0.3, 0.4) is 0 Å². The van der Waals surface area contributed by atoms with Gasteiger partial charge in [0.05, 0.1) is 64.6 Å². The molecule has 20 heteroatoms. The van der Waals surface area contributed by atoms with Gasteiger partial charge in [0, 0.05) is 80.7 Å². The molecule has 0 saturated carbocycles. The number of aliphatic hydroxyl groups is 2. The van der Waals surface area contributed by atoms with E-state index in [9.17, 15) is 48.9 Å². The van der Waals surface area contributed by atoms with Crippen LogP contribution >= 0.6 is 0 Å². The summed E-state index contributed by atoms with van der Waals surface area (Å²) in [6, 6.07) is 0. The Bertz CT molecular complexity index is 2540. The number of carbonyl (C=O) groups excluding carboxylic acids is 7. The molecule has 0 aromatic heterocycles. The molecule has 14 atom stereocenters. The molecule has 5 bridgehead atoms. The first-order chi connectivity index (χ1) is 34.8. The number of hydrogen-bond acceptors (Lipinski definition) is 18. The standard InChI is InChI=1S/C54H70N2O18/c1-25-15-14-16-33(30(6)71-52(66)53(9,10)23-38(59)56-18-12-13-19-56)44(61)27(3)43(60)28(4)47(72-32(8)57)26(2)36(73-39-22-37-49(31(7)70-39)68-24-67-37)17-20-69-54(11)50(64)42-40-35(58)21-34(55-51(25)65)46(63)41(40)45(62)29(5)48(42)74-54/h14-17,20-21,26-28,30-31,33,36-37,39,43-44,47,49,60-62H,12-13,18-19,22-24H2,1-11H3,(H,55,65)/b16-14+,20-17+,25-15-/t26-,27+,28-,30?,31-,33-,36+,37+,39+,43-,44-,47-,49-,54+/m1/s1. The van der Waals surface area contributed by atoms with Crippen LogP contribution in [0.1, 0.15) is 132 Å². The van der Waals surface area contributed by atoms with Gasteiger partial charge in [0.25, 0.3) is 11.7 Å². The highest BCUT2D eigenvalue weighted by atomic mass is 16.7. The van der Waals surface area contributed by atoms with Crippen molar-refractivity contribution >= 4 is 41.1 Å². The number of phenols is 1. The smallest absolute Gasteiger partial charge is 0.312 e. The second-order valence-corrected chi connectivity index (χ2v) is 21.2. The molecule has 404 valence electrons. The van der Waals surface area contributed by atoms with Crippen molar-refractivity contribution in [3.05, 3.63) is 70.2 Å². The van der Waals surface area contributed by atoms with Crippen LogP contribution in [0.15, 0.2) is 47.9 Å². The van der Waals surface area contributed by atoms with E-state index in [1.807, 2.05) is 6.92 Å². The molecule has 2 amide bonds. The second-order valence-electron chi connectivity index (χ2n) is 21.2. The molecule has 3 saturated heterocycles. The molecule has 0 radical (unpaired) electrons. The molecule has 6 aliphatic heterocycles. The molecule has 1 aliphatic carbocycles. The van der Waals surface area contributed by atoms with E-state index < -0.39 is 136 Å². The molecular formula is C54H70N2O18. The zero-order valence-electron chi connectivity index (χ0n) is 43.8. The Balaban J connectivity index is 1.28. The Morgan fingerprint density at radius 2 is 1.64 bits per heavy atom. The summed E-state index contributed by atoms with van der Waals surface area (Å²) < 4.78 is 48.5. The van der Waals surface area contributed by atoms with E-state index in [1.165, 1.54) is 52.0 Å². The van der Waals surface area contributed by atoms with Gasteiger partial charge in [0.2, 0.25) is 11.7 Å². The predicted molar refractivity (Wildman–Crippen MR) is 261 cm³/mol. The molecule has 3 fully saturated rings. The number of phenolic OH excluding ortho intramolecular Hbond substituents is 1. The lowest BCUT2D eigenvalue weighted by Crippen LogP contribution is -2.50. The van der Waals surface area contributed by atoms with Gasteiger partial charge < -0.3 is 63.4 Å². The number of aromatic hydroxyl groups is 1. The fraction of sp³-hybridized carbons (Fsp3) is 0.611. The molecule has 6 heterocycles. The lowest BCUT2D eigenvalue weighted by molar-refractivity contribution is -0.246. The zero-order chi connectivity index (χ0) is 54.3. The molecule has 1 aromatic rings. The number of amides is 2. The van der Waals surface area contributed by atoms with E-state index in [-0.39, 0.29) is 60.2 Å². The minimum absolute atomic E-state index is 0.00898. The van der Waals surface area contributed by atoms with Crippen molar-refractivity contribution in [1.82, 2.24) is 10.2 Å². The average molecular weight is 1040 g/mol. The number of Topliss-reactive ketones (excluding diaryl/α,β-unsaturated/α-hetero) is 2. The first kappa shape index (κ1) is 56.0. The zero-order valence-corrected chi connectivity index (χ0v) is 43.8. The monoisotopic (exact) mass is 1030 g/mol. The third-order valence-electron chi connectivity index (χ3n) is 15.2. The quantitative estimate of drug-likeness (QED) is 0.254. The van der Waals surface area contributed by atoms with Crippen molar-refractivity contribution in [1.29, 1.82) is 0 Å². The van der Waals surface area contributed by atoms with Crippen molar-refractivity contribution < 1.29 is 86.8 Å². The highest BCUT2D eigenvalue weighted by Crippen LogP contribution is 2.48. The largest absolute Gasteiger partial charge is 0.507 e. The van der Waals surface area contributed by atoms with Crippen LogP contribution in [0.25, 0.3) is 0 Å². The molecule has 8 rings (SSSR count). The van der Waals surface area contributed by atoms with Gasteiger partial charge in [-0.1, -0.05) is 39.0 Å². The second kappa shape index (κ2) is 22.2. The number of esters is 2. The number of rotatable bonds is 8. The van der Waals surface area contributed by atoms with Gasteiger partial charge in [0.1, 0.15) is 36.6 Å². The average Bonchev–Trinajstić information content (AvgIpc) is 4.12. The first-order valence-corrected chi connectivity index (χ1v) is 25.3. The van der Waals surface area contributed by atoms with Gasteiger partial charge in [-0.05, 0) is 60.5 Å². The number of aliphatic hydroxyl groups excluding tert-OH is 2. The first-order valence-electron chi connectivity index (χ1n) is 25.3. The van der Waals surface area contributed by atoms with E-state index in [4.69, 9.17) is 37.9 Å². The SMILES string of the molecule is CC(=O)O[C@H]1[C@H](C)[C@H](O)[C@H](C)[C@@H](O)[C@@H](C(C)OC(=O)C(C)(C)CC(=O)N2CCCC2)/C=C/C=C(/C)C(=O)NC2=CC(=O)c3c(c(O)c(C)c4c3C(=O)[C@@](C)(O/C=C/[C@H](O[C@H]3C[C@@H]5OCO[C@@H]5[C@@H](C)O3)[C@H]1C)O4)C2=O. The fourth-order valence-corrected chi connectivity index (χ4v) is 10.6. The molecule has 4 N–H and O–H groups in total. The Morgan fingerprint density at radius 1 is 0.946 bits per heavy atom. The van der Waals surface area contributed by atoms with Crippen molar-refractivity contribution in [2.24, 2.45) is 29.1 Å². The number of nitrogens with one attached hydrogen (secondary N) is 1. The van der Waals surface area contributed by atoms with Crippen LogP contribution in [-0.2, 0) is 52.3 Å². The van der Waals surface area contributed by atoms with Gasteiger partial charge in [0.15, 0.2) is 12.1 Å². The summed E-state index contributed by atoms with van der Waals surface area (Å²) in [7, 11) is 0. The summed E-state index contributed by atoms with van der Waals surface area (Å²) in [5, 5.41) is 38.4. The number of allylic oxidation sites excluding steroid dienone is 4. The minimum Gasteiger partial charge on any atom is -0.507 e. The van der Waals surface area contributed by atoms with Crippen LogP contribution < -0.4 is 10.1 Å². The summed E-state index contributed by atoms with van der Waals surface area (Å²) in [5.74, 6) is -12.1. The Hall–Kier alpha value is -5.77. The molecule has 74 heavy (non-hydrogen) atoms. The number of carbonyl (C=O) groups is 7. The number of nitrogens with zero attached hydrogens (tertiary/aromatic N) is 1. The van der Waals surface area contributed by atoms with Gasteiger partial charge in [-0.2, -0.15) is 0 Å². The van der Waals surface area contributed by atoms with Crippen LogP contribution in [-0.4, -0.2) is 142 Å². The third kappa shape index (κ3) is 11.3. The van der Waals surface area contributed by atoms with Crippen molar-refractivity contribution in [2.75, 3.05) is 19.9 Å². The van der Waals surface area contributed by atoms with Crippen LogP contribution in [0.4, 0.5) is 0 Å². The maximum absolute atomic E-state index is 14.4. The number of hydrogen-bond donors (Lipinski definition) is 4. The maximum Gasteiger partial charge on any atom is 0.312 e. The number of fused-ring (bicyclic) bond motifs is 15. The van der Waals surface area contributed by atoms with E-state index in [1.54, 1.807) is 46.4 Å². The van der Waals surface area contributed by atoms with Gasteiger partial charge in [-0.25, -0.2) is 0 Å². The summed E-state index contributed by atoms with van der Waals surface area (Å²) in [4.78, 5) is 97.8. The highest BCUT2D eigenvalue weighted by Gasteiger charge is 2.52. The van der Waals surface area contributed by atoms with Crippen LogP contribution in [0, 0.1) is 36.0 Å². The lowest BCUT2D eigenvalue weighted by Gasteiger charge is -2.41. The van der Waals surface area contributed by atoms with Gasteiger partial charge >= 0.3 is 17.7 Å². The number of likely N-dealkylation sites (tertiary alicyclic amines) is 1. The molecule has 20 nitrogen and oxygen atoms in total. The Labute approximate surface area is 430 Å². The fourth-order valence-electron chi connectivity index (χ4n) is 10.6. The summed E-state index contributed by atoms with van der Waals surface area (Å²) in [6.45, 7) is 18.0. The Morgan fingerprint density at radius 3 is 2.31 bits per heavy atom. The molecule has 1 aromatic carbocycles. The van der Waals surface area contributed by atoms with Crippen LogP contribution in [0.5, 0.6) is 11.5 Å². The minimum atomic E-state index is -2.17. The summed E-state index contributed by atoms with van der Waals surface area (Å²) in [5.41, 5.74) is -3.08. The Kier molecular flexibility index (Phi) is 16.8. The number of benzene rings is 1. The van der Waals surface area contributed by atoms with E-state index in [0.29, 0.717) is 13.1 Å². The maximum atomic E-state index is 14.4. The van der Waals surface area contributed by atoms with E-state index in [0.717, 1.165) is 25.2 Å². The predicted octanol–water partition coefficient (Wildman–Crippen LogP) is 4.83. The number of ketones is 3. The van der Waals surface area contributed by atoms with E-state index in [2.05, 4.69) is 5.32 Å². The van der Waals surface area contributed by atoms with Crippen LogP contribution in [0.2, 0.25) is 0 Å². The topological polar surface area (TPSA) is 269 Å². The van der Waals surface area contributed by atoms with Gasteiger partial charge in [-0.15, -0.1) is 0 Å². The highest BCUT2D eigenvalue weighted by molar-refractivity contribution is 6.30. The van der Waals surface area contributed by atoms with E-state index >= 15 is 0 Å². The van der Waals surface area contributed by atoms with Crippen molar-refractivity contribution in [2.45, 2.75) is 163 Å². The molecule has 1 unspecified atom stereocenters. The van der Waals surface area contributed by atoms with Crippen molar-refractivity contribution in [3.8, 4) is 11.5 Å². The molecular weight excluding hydrogens is 965 g/mol. The summed E-state index contributed by atoms with van der Waals surface area (Å²) in [6.07, 6.45) is 1.20. The normalized spacial score (nSPS) is 34.8. The lowest BCUT2D eigenvalue weighted by atomic mass is 9.77.